The molecule has 0 bridgehead atoms. The summed E-state index contributed by atoms with van der Waals surface area (Å²) < 4.78 is 23.3. The molecule has 7 heteroatoms. The first-order valence-electron chi connectivity index (χ1n) is 6.05. The van der Waals surface area contributed by atoms with Crippen LogP contribution in [0.5, 0.6) is 0 Å². The number of amides is 1. The predicted molar refractivity (Wildman–Crippen MR) is 79.0 cm³/mol. The molecule has 6 nitrogen and oxygen atoms in total. The molecule has 2 aromatic carbocycles. The third kappa shape index (κ3) is 3.46. The minimum Gasteiger partial charge on any atom is -0.387 e. The van der Waals surface area contributed by atoms with Gasteiger partial charge in [-0.3, -0.25) is 4.79 Å². The van der Waals surface area contributed by atoms with Gasteiger partial charge >= 0.3 is 0 Å². The van der Waals surface area contributed by atoms with E-state index in [1.807, 2.05) is 0 Å². The van der Waals surface area contributed by atoms with Crippen molar-refractivity contribution >= 4 is 21.6 Å². The number of nitrogens with two attached hydrogens (primary N) is 1. The Balaban J connectivity index is 2.61. The molecule has 0 atom stereocenters. The predicted octanol–water partition coefficient (Wildman–Crippen LogP) is 0.932. The molecule has 0 aliphatic rings. The van der Waals surface area contributed by atoms with Gasteiger partial charge in [-0.2, -0.15) is 0 Å². The fraction of sp³-hybridized carbons (Fsp3) is 0.0714. The number of para-hydroxylation sites is 1. The van der Waals surface area contributed by atoms with Crippen LogP contribution in [0, 0.1) is 0 Å². The molecular formula is C14H14N2O4S. The van der Waals surface area contributed by atoms with E-state index >= 15 is 0 Å². The molecule has 0 spiro atoms. The molecule has 2 aromatic rings. The van der Waals surface area contributed by atoms with Gasteiger partial charge in [0.15, 0.2) is 0 Å². The van der Waals surface area contributed by atoms with Crippen molar-refractivity contribution in [1.82, 2.24) is 0 Å². The topological polar surface area (TPSA) is 109 Å². The first-order chi connectivity index (χ1) is 9.93. The van der Waals surface area contributed by atoms with Gasteiger partial charge < -0.3 is 10.4 Å². The van der Waals surface area contributed by atoms with Crippen LogP contribution < -0.4 is 10.5 Å². The number of rotatable bonds is 4. The summed E-state index contributed by atoms with van der Waals surface area (Å²) >= 11 is 0. The van der Waals surface area contributed by atoms with Crippen LogP contribution in [0.15, 0.2) is 53.4 Å². The molecule has 0 radical (unpaired) electrons. The third-order valence-corrected chi connectivity index (χ3v) is 3.80. The first-order valence-corrected chi connectivity index (χ1v) is 7.60. The smallest absolute Gasteiger partial charge is 0.250 e. The summed E-state index contributed by atoms with van der Waals surface area (Å²) in [5.74, 6) is -0.587. The lowest BCUT2D eigenvalue weighted by Crippen LogP contribution is -2.17. The Morgan fingerprint density at radius 3 is 2.24 bits per heavy atom. The maximum absolute atomic E-state index is 11.7. The fourth-order valence-corrected chi connectivity index (χ4v) is 2.71. The average Bonchev–Trinajstić information content (AvgIpc) is 2.47. The summed E-state index contributed by atoms with van der Waals surface area (Å²) in [6.45, 7) is -0.662. The Morgan fingerprint density at radius 2 is 1.62 bits per heavy atom. The average molecular weight is 306 g/mol. The van der Waals surface area contributed by atoms with Crippen LogP contribution in [0.2, 0.25) is 0 Å². The molecule has 0 saturated carbocycles. The van der Waals surface area contributed by atoms with E-state index in [1.165, 1.54) is 6.07 Å². The highest BCUT2D eigenvalue weighted by Crippen LogP contribution is 2.32. The van der Waals surface area contributed by atoms with Gasteiger partial charge in [0.05, 0.1) is 4.90 Å². The number of aliphatic hydroxyl groups excluding tert-OH is 1. The molecule has 2 rings (SSSR count). The number of anilines is 1. The van der Waals surface area contributed by atoms with Gasteiger partial charge in [0, 0.05) is 16.8 Å². The lowest BCUT2D eigenvalue weighted by molar-refractivity contribution is -0.118. The number of hydrogen-bond donors (Lipinski definition) is 3. The molecule has 4 N–H and O–H groups in total. The Hall–Kier alpha value is -2.22. The van der Waals surface area contributed by atoms with Crippen LogP contribution in [-0.4, -0.2) is 26.0 Å². The van der Waals surface area contributed by atoms with E-state index in [9.17, 15) is 13.2 Å². The van der Waals surface area contributed by atoms with E-state index in [4.69, 9.17) is 10.2 Å². The summed E-state index contributed by atoms with van der Waals surface area (Å²) in [6.07, 6.45) is 0. The van der Waals surface area contributed by atoms with Crippen LogP contribution in [0.4, 0.5) is 5.69 Å². The molecular weight excluding hydrogens is 292 g/mol. The second kappa shape index (κ2) is 6.04. The highest BCUT2D eigenvalue weighted by Gasteiger charge is 2.17. The van der Waals surface area contributed by atoms with Crippen molar-refractivity contribution in [2.45, 2.75) is 4.90 Å². The SMILES string of the molecule is NS(=O)(=O)c1ccccc1-c1ccccc1NC(=O)CO. The van der Waals surface area contributed by atoms with Gasteiger partial charge in [0.2, 0.25) is 15.9 Å². The Morgan fingerprint density at radius 1 is 1.05 bits per heavy atom. The third-order valence-electron chi connectivity index (χ3n) is 2.83. The van der Waals surface area contributed by atoms with Crippen molar-refractivity contribution in [2.24, 2.45) is 5.14 Å². The second-order valence-corrected chi connectivity index (χ2v) is 5.82. The lowest BCUT2D eigenvalue weighted by atomic mass is 10.0. The van der Waals surface area contributed by atoms with Gasteiger partial charge in [-0.05, 0) is 12.1 Å². The Bertz CT molecular complexity index is 772. The second-order valence-electron chi connectivity index (χ2n) is 4.29. The number of primary sulfonamides is 1. The highest BCUT2D eigenvalue weighted by atomic mass is 32.2. The number of carbonyl (C=O) groups is 1. The maximum atomic E-state index is 11.7. The molecule has 1 amide bonds. The zero-order chi connectivity index (χ0) is 15.5. The summed E-state index contributed by atoms with van der Waals surface area (Å²) in [5.41, 5.74) is 1.28. The fourth-order valence-electron chi connectivity index (χ4n) is 1.95. The molecule has 0 aromatic heterocycles. The minimum atomic E-state index is -3.89. The van der Waals surface area contributed by atoms with Gasteiger partial charge in [0.1, 0.15) is 6.61 Å². The molecule has 0 saturated heterocycles. The van der Waals surface area contributed by atoms with E-state index in [2.05, 4.69) is 5.32 Å². The Labute approximate surface area is 122 Å². The zero-order valence-electron chi connectivity index (χ0n) is 11.0. The molecule has 0 fully saturated rings. The standard InChI is InChI=1S/C14H14N2O4S/c15-21(19,20)13-8-4-2-6-11(13)10-5-1-3-7-12(10)16-14(18)9-17/h1-8,17H,9H2,(H,16,18)(H2,15,19,20). The first kappa shape index (κ1) is 15.2. The van der Waals surface area contributed by atoms with E-state index in [0.717, 1.165) is 0 Å². The Kier molecular flexibility index (Phi) is 4.37. The van der Waals surface area contributed by atoms with Gasteiger partial charge in [-0.25, -0.2) is 13.6 Å². The van der Waals surface area contributed by atoms with Crippen molar-refractivity contribution in [1.29, 1.82) is 0 Å². The summed E-state index contributed by atoms with van der Waals surface area (Å²) in [5, 5.41) is 16.5. The number of hydrogen-bond acceptors (Lipinski definition) is 4. The van der Waals surface area contributed by atoms with Crippen LogP contribution in [0.3, 0.4) is 0 Å². The largest absolute Gasteiger partial charge is 0.387 e. The quantitative estimate of drug-likeness (QED) is 0.780. The monoisotopic (exact) mass is 306 g/mol. The van der Waals surface area contributed by atoms with E-state index in [1.54, 1.807) is 42.5 Å². The summed E-state index contributed by atoms with van der Waals surface area (Å²) in [7, 11) is -3.89. The minimum absolute atomic E-state index is 0.0318. The molecule has 0 aliphatic carbocycles. The van der Waals surface area contributed by atoms with E-state index in [0.29, 0.717) is 16.8 Å². The molecule has 21 heavy (non-hydrogen) atoms. The van der Waals surface area contributed by atoms with Gasteiger partial charge in [0.25, 0.3) is 0 Å². The van der Waals surface area contributed by atoms with Crippen molar-refractivity contribution < 1.29 is 18.3 Å². The number of sulfonamides is 1. The maximum Gasteiger partial charge on any atom is 0.250 e. The summed E-state index contributed by atoms with van der Waals surface area (Å²) in [4.78, 5) is 11.3. The normalized spacial score (nSPS) is 11.1. The number of aliphatic hydroxyl groups is 1. The van der Waals surface area contributed by atoms with Crippen LogP contribution in [-0.2, 0) is 14.8 Å². The van der Waals surface area contributed by atoms with E-state index < -0.39 is 22.5 Å². The van der Waals surface area contributed by atoms with Crippen molar-refractivity contribution in [3.63, 3.8) is 0 Å². The van der Waals surface area contributed by atoms with Crippen LogP contribution >= 0.6 is 0 Å². The molecule has 110 valence electrons. The van der Waals surface area contributed by atoms with Crippen molar-refractivity contribution in [2.75, 3.05) is 11.9 Å². The highest BCUT2D eigenvalue weighted by molar-refractivity contribution is 7.89. The summed E-state index contributed by atoms with van der Waals surface area (Å²) in [6, 6.07) is 12.9. The molecule has 0 aliphatic heterocycles. The van der Waals surface area contributed by atoms with Gasteiger partial charge in [-0.1, -0.05) is 36.4 Å². The number of nitrogens with one attached hydrogen (secondary N) is 1. The van der Waals surface area contributed by atoms with Crippen molar-refractivity contribution in [3.8, 4) is 11.1 Å². The number of benzene rings is 2. The molecule has 0 heterocycles. The van der Waals surface area contributed by atoms with Gasteiger partial charge in [-0.15, -0.1) is 0 Å². The number of carbonyl (C=O) groups excluding carboxylic acids is 1. The molecule has 0 unspecified atom stereocenters. The van der Waals surface area contributed by atoms with Crippen LogP contribution in [0.1, 0.15) is 0 Å². The lowest BCUT2D eigenvalue weighted by Gasteiger charge is -2.13. The van der Waals surface area contributed by atoms with Crippen molar-refractivity contribution in [3.05, 3.63) is 48.5 Å². The van der Waals surface area contributed by atoms with E-state index in [-0.39, 0.29) is 4.90 Å². The van der Waals surface area contributed by atoms with Crippen LogP contribution in [0.25, 0.3) is 11.1 Å². The zero-order valence-corrected chi connectivity index (χ0v) is 11.8.